The molecule has 156 valence electrons. The Morgan fingerprint density at radius 3 is 2.21 bits per heavy atom. The van der Waals surface area contributed by atoms with Gasteiger partial charge in [0.15, 0.2) is 11.6 Å². The number of hydrogen-bond donors (Lipinski definition) is 1. The summed E-state index contributed by atoms with van der Waals surface area (Å²) in [6.45, 7) is 5.21. The molecular weight excluding hydrogens is 426 g/mol. The molecule has 0 bridgehead atoms. The van der Waals surface area contributed by atoms with Crippen molar-refractivity contribution in [2.75, 3.05) is 39.3 Å². The molecule has 1 aliphatic rings. The first-order valence-electron chi connectivity index (χ1n) is 8.85. The van der Waals surface area contributed by atoms with Gasteiger partial charge in [-0.25, -0.2) is 4.39 Å². The highest BCUT2D eigenvalue weighted by Gasteiger charge is 2.19. The summed E-state index contributed by atoms with van der Waals surface area (Å²) >= 11 is 5.92. The van der Waals surface area contributed by atoms with Crippen LogP contribution in [0.2, 0.25) is 5.02 Å². The molecule has 2 aromatic rings. The number of nitrogens with zero attached hydrogens (tertiary/aromatic N) is 2. The van der Waals surface area contributed by atoms with Gasteiger partial charge in [0.2, 0.25) is 0 Å². The topological polar surface area (TPSA) is 35.9 Å². The van der Waals surface area contributed by atoms with E-state index < -0.39 is 11.9 Å². The van der Waals surface area contributed by atoms with E-state index in [2.05, 4.69) is 21.9 Å². The largest absolute Gasteiger partial charge is 0.488 e. The standard InChI is InChI=1S/C20H24ClFN2O2.2ClH/c21-17-7-5-16(6-8-17)13-23-9-11-24(12-10-23)14-18(25)15-26-20-4-2-1-3-19(20)22;;/h1-8,18,25H,9-15H2;2*1H. The molecule has 0 spiro atoms. The minimum atomic E-state index is -0.641. The van der Waals surface area contributed by atoms with Crippen LogP contribution in [-0.2, 0) is 6.54 Å². The molecule has 1 N–H and O–H groups in total. The molecular formula is C20H26Cl3FN2O2. The molecule has 28 heavy (non-hydrogen) atoms. The third-order valence-electron chi connectivity index (χ3n) is 4.52. The second kappa shape index (κ2) is 12.5. The van der Waals surface area contributed by atoms with E-state index in [1.165, 1.54) is 11.6 Å². The summed E-state index contributed by atoms with van der Waals surface area (Å²) in [5.74, 6) is -0.227. The molecule has 2 aromatic carbocycles. The molecule has 0 amide bonds. The molecule has 0 aromatic heterocycles. The van der Waals surface area contributed by atoms with Crippen LogP contribution in [-0.4, -0.2) is 60.3 Å². The molecule has 1 heterocycles. The van der Waals surface area contributed by atoms with Crippen molar-refractivity contribution in [3.8, 4) is 5.75 Å². The van der Waals surface area contributed by atoms with E-state index in [0.29, 0.717) is 6.54 Å². The van der Waals surface area contributed by atoms with E-state index >= 15 is 0 Å². The average molecular weight is 452 g/mol. The van der Waals surface area contributed by atoms with Gasteiger partial charge in [0, 0.05) is 44.3 Å². The molecule has 4 nitrogen and oxygen atoms in total. The van der Waals surface area contributed by atoms with Crippen LogP contribution in [0.15, 0.2) is 48.5 Å². The zero-order chi connectivity index (χ0) is 18.4. The number of halogens is 4. The Labute approximate surface area is 183 Å². The lowest BCUT2D eigenvalue weighted by Gasteiger charge is -2.35. The van der Waals surface area contributed by atoms with E-state index in [4.69, 9.17) is 16.3 Å². The summed E-state index contributed by atoms with van der Waals surface area (Å²) in [7, 11) is 0. The molecule has 0 saturated carbocycles. The van der Waals surface area contributed by atoms with Gasteiger partial charge in [-0.05, 0) is 29.8 Å². The summed E-state index contributed by atoms with van der Waals surface area (Å²) in [6.07, 6.45) is -0.641. The number of benzene rings is 2. The lowest BCUT2D eigenvalue weighted by Crippen LogP contribution is -2.48. The molecule has 1 atom stereocenters. The van der Waals surface area contributed by atoms with Crippen LogP contribution < -0.4 is 4.74 Å². The van der Waals surface area contributed by atoms with Gasteiger partial charge in [0.05, 0.1) is 0 Å². The summed E-state index contributed by atoms with van der Waals surface area (Å²) in [4.78, 5) is 4.61. The number of rotatable bonds is 7. The smallest absolute Gasteiger partial charge is 0.165 e. The van der Waals surface area contributed by atoms with Crippen molar-refractivity contribution in [3.63, 3.8) is 0 Å². The average Bonchev–Trinajstić information content (AvgIpc) is 2.64. The maximum atomic E-state index is 13.5. The van der Waals surface area contributed by atoms with E-state index in [9.17, 15) is 9.50 Å². The van der Waals surface area contributed by atoms with Crippen molar-refractivity contribution in [2.45, 2.75) is 12.6 Å². The first kappa shape index (κ1) is 25.0. The third kappa shape index (κ3) is 7.74. The van der Waals surface area contributed by atoms with Crippen molar-refractivity contribution < 1.29 is 14.2 Å². The molecule has 3 rings (SSSR count). The Morgan fingerprint density at radius 1 is 0.964 bits per heavy atom. The monoisotopic (exact) mass is 450 g/mol. The number of β-amino-alcohol motifs (C(OH)–C–C–N with tert-alkyl or cyclic N) is 1. The minimum Gasteiger partial charge on any atom is -0.488 e. The Kier molecular flexibility index (Phi) is 11.1. The van der Waals surface area contributed by atoms with Crippen LogP contribution in [0.4, 0.5) is 4.39 Å². The van der Waals surface area contributed by atoms with Crippen molar-refractivity contribution in [2.24, 2.45) is 0 Å². The van der Waals surface area contributed by atoms with Gasteiger partial charge in [-0.3, -0.25) is 9.80 Å². The van der Waals surface area contributed by atoms with Crippen molar-refractivity contribution in [1.29, 1.82) is 0 Å². The molecule has 1 unspecified atom stereocenters. The van der Waals surface area contributed by atoms with Crippen LogP contribution in [0.1, 0.15) is 5.56 Å². The van der Waals surface area contributed by atoms with Gasteiger partial charge in [-0.2, -0.15) is 0 Å². The zero-order valence-corrected chi connectivity index (χ0v) is 17.9. The maximum Gasteiger partial charge on any atom is 0.165 e. The maximum absolute atomic E-state index is 13.5. The van der Waals surface area contributed by atoms with Gasteiger partial charge < -0.3 is 9.84 Å². The Hall–Kier alpha value is -1.08. The second-order valence-electron chi connectivity index (χ2n) is 6.60. The second-order valence-corrected chi connectivity index (χ2v) is 7.03. The number of hydrogen-bond acceptors (Lipinski definition) is 4. The number of piperazine rings is 1. The van der Waals surface area contributed by atoms with Gasteiger partial charge in [-0.15, -0.1) is 24.8 Å². The molecule has 0 radical (unpaired) electrons. The number of para-hydroxylation sites is 1. The Bertz CT molecular complexity index is 698. The summed E-state index contributed by atoms with van der Waals surface area (Å²) in [5.41, 5.74) is 1.25. The van der Waals surface area contributed by atoms with E-state index in [1.807, 2.05) is 12.1 Å². The number of aliphatic hydroxyl groups is 1. The summed E-state index contributed by atoms with van der Waals surface area (Å²) in [5, 5.41) is 10.9. The van der Waals surface area contributed by atoms with E-state index in [1.54, 1.807) is 18.2 Å². The summed E-state index contributed by atoms with van der Waals surface area (Å²) < 4.78 is 18.9. The normalized spacial score (nSPS) is 16.0. The van der Waals surface area contributed by atoms with Crippen molar-refractivity contribution >= 4 is 36.4 Å². The predicted molar refractivity (Wildman–Crippen MR) is 116 cm³/mol. The number of aliphatic hydroxyl groups excluding tert-OH is 1. The first-order valence-corrected chi connectivity index (χ1v) is 9.22. The van der Waals surface area contributed by atoms with Crippen LogP contribution in [0.5, 0.6) is 5.75 Å². The third-order valence-corrected chi connectivity index (χ3v) is 4.77. The fourth-order valence-corrected chi connectivity index (χ4v) is 3.20. The first-order chi connectivity index (χ1) is 12.6. The lowest BCUT2D eigenvalue weighted by molar-refractivity contribution is 0.0437. The van der Waals surface area contributed by atoms with Gasteiger partial charge in [0.25, 0.3) is 0 Å². The molecule has 8 heteroatoms. The van der Waals surface area contributed by atoms with Gasteiger partial charge >= 0.3 is 0 Å². The van der Waals surface area contributed by atoms with Crippen LogP contribution in [0.3, 0.4) is 0 Å². The number of ether oxygens (including phenoxy) is 1. The molecule has 1 fully saturated rings. The fourth-order valence-electron chi connectivity index (χ4n) is 3.08. The van der Waals surface area contributed by atoms with Crippen LogP contribution in [0.25, 0.3) is 0 Å². The highest BCUT2D eigenvalue weighted by atomic mass is 35.5. The Morgan fingerprint density at radius 2 is 1.57 bits per heavy atom. The fraction of sp³-hybridized carbons (Fsp3) is 0.400. The SMILES string of the molecule is Cl.Cl.OC(COc1ccccc1F)CN1CCN(Cc2ccc(Cl)cc2)CC1. The van der Waals surface area contributed by atoms with Crippen LogP contribution >= 0.6 is 36.4 Å². The lowest BCUT2D eigenvalue weighted by atomic mass is 10.2. The van der Waals surface area contributed by atoms with Gasteiger partial charge in [0.1, 0.15) is 12.7 Å². The minimum absolute atomic E-state index is 0. The highest BCUT2D eigenvalue weighted by Crippen LogP contribution is 2.16. The molecule has 1 saturated heterocycles. The Balaban J connectivity index is 0.00000196. The molecule has 0 aliphatic carbocycles. The zero-order valence-electron chi connectivity index (χ0n) is 15.5. The van der Waals surface area contributed by atoms with Crippen LogP contribution in [0, 0.1) is 5.82 Å². The van der Waals surface area contributed by atoms with Crippen molar-refractivity contribution in [3.05, 3.63) is 64.9 Å². The highest BCUT2D eigenvalue weighted by molar-refractivity contribution is 6.30. The predicted octanol–water partition coefficient (Wildman–Crippen LogP) is 3.88. The summed E-state index contributed by atoms with van der Waals surface area (Å²) in [6, 6.07) is 14.2. The van der Waals surface area contributed by atoms with Crippen molar-refractivity contribution in [1.82, 2.24) is 9.80 Å². The van der Waals surface area contributed by atoms with E-state index in [-0.39, 0.29) is 37.2 Å². The quantitative estimate of drug-likeness (QED) is 0.693. The van der Waals surface area contributed by atoms with Gasteiger partial charge in [-0.1, -0.05) is 35.9 Å². The van der Waals surface area contributed by atoms with E-state index in [0.717, 1.165) is 37.7 Å². The molecule has 1 aliphatic heterocycles.